The first-order valence-corrected chi connectivity index (χ1v) is 7.59. The van der Waals surface area contributed by atoms with Gasteiger partial charge in [0.15, 0.2) is 0 Å². The summed E-state index contributed by atoms with van der Waals surface area (Å²) in [5.41, 5.74) is 1.60. The molecular weight excluding hydrogens is 368 g/mol. The summed E-state index contributed by atoms with van der Waals surface area (Å²) >= 11 is 9.26. The molecule has 4 nitrogen and oxygen atoms in total. The molecule has 0 aliphatic heterocycles. The van der Waals surface area contributed by atoms with Crippen LogP contribution >= 0.6 is 27.5 Å². The molecule has 1 heterocycles. The number of aromatic amines is 1. The second-order valence-corrected chi connectivity index (χ2v) is 6.04. The number of fused-ring (bicyclic) bond motifs is 1. The smallest absolute Gasteiger partial charge is 0.296 e. The van der Waals surface area contributed by atoms with Gasteiger partial charge in [-0.1, -0.05) is 33.6 Å². The number of anilines is 1. The number of halogens is 2. The van der Waals surface area contributed by atoms with Crippen LogP contribution in [0.4, 0.5) is 5.69 Å². The van der Waals surface area contributed by atoms with E-state index in [4.69, 9.17) is 11.6 Å². The summed E-state index contributed by atoms with van der Waals surface area (Å²) in [6.07, 6.45) is 1.52. The van der Waals surface area contributed by atoms with Gasteiger partial charge >= 0.3 is 0 Å². The maximum absolute atomic E-state index is 12.3. The third kappa shape index (κ3) is 2.91. The van der Waals surface area contributed by atoms with E-state index in [0.717, 1.165) is 9.99 Å². The topological polar surface area (TPSA) is 62.0 Å². The molecular formula is C16H10BrClN2O2. The normalized spacial score (nSPS) is 10.6. The molecule has 0 saturated carbocycles. The van der Waals surface area contributed by atoms with E-state index in [0.29, 0.717) is 21.7 Å². The molecule has 1 aromatic heterocycles. The molecule has 2 aromatic carbocycles. The lowest BCUT2D eigenvalue weighted by Crippen LogP contribution is -2.22. The fraction of sp³-hybridized carbons (Fsp3) is 0. The van der Waals surface area contributed by atoms with Crippen molar-refractivity contribution in [1.82, 2.24) is 4.98 Å². The molecule has 0 aliphatic carbocycles. The highest BCUT2D eigenvalue weighted by Gasteiger charge is 2.20. The average molecular weight is 378 g/mol. The van der Waals surface area contributed by atoms with Crippen molar-refractivity contribution >= 4 is 55.8 Å². The Balaban J connectivity index is 1.89. The molecule has 2 N–H and O–H groups in total. The fourth-order valence-electron chi connectivity index (χ4n) is 2.16. The Labute approximate surface area is 139 Å². The molecule has 0 unspecified atom stereocenters. The average Bonchev–Trinajstić information content (AvgIpc) is 2.89. The van der Waals surface area contributed by atoms with Crippen LogP contribution in [-0.4, -0.2) is 16.7 Å². The number of hydrogen-bond donors (Lipinski definition) is 2. The van der Waals surface area contributed by atoms with E-state index >= 15 is 0 Å². The highest BCUT2D eigenvalue weighted by molar-refractivity contribution is 9.10. The first kappa shape index (κ1) is 14.8. The highest BCUT2D eigenvalue weighted by Crippen LogP contribution is 2.23. The highest BCUT2D eigenvalue weighted by atomic mass is 79.9. The Kier molecular flexibility index (Phi) is 4.00. The van der Waals surface area contributed by atoms with Crippen LogP contribution in [0.2, 0.25) is 5.02 Å². The zero-order chi connectivity index (χ0) is 15.7. The van der Waals surface area contributed by atoms with E-state index < -0.39 is 11.7 Å². The number of hydrogen-bond acceptors (Lipinski definition) is 2. The number of aromatic nitrogens is 1. The SMILES string of the molecule is O=C(Nc1cccc(Br)c1)C(=O)c1c[nH]c2ccc(Cl)cc12. The van der Waals surface area contributed by atoms with E-state index in [-0.39, 0.29) is 0 Å². The van der Waals surface area contributed by atoms with Gasteiger partial charge in [0.1, 0.15) is 0 Å². The van der Waals surface area contributed by atoms with Gasteiger partial charge in [-0.15, -0.1) is 0 Å². The van der Waals surface area contributed by atoms with Crippen LogP contribution in [0.25, 0.3) is 10.9 Å². The van der Waals surface area contributed by atoms with Crippen LogP contribution in [0.1, 0.15) is 10.4 Å². The maximum atomic E-state index is 12.3. The van der Waals surface area contributed by atoms with Gasteiger partial charge in [0, 0.05) is 32.3 Å². The summed E-state index contributed by atoms with van der Waals surface area (Å²) in [6, 6.07) is 12.2. The minimum absolute atomic E-state index is 0.296. The molecule has 0 spiro atoms. The van der Waals surface area contributed by atoms with E-state index in [1.54, 1.807) is 36.4 Å². The lowest BCUT2D eigenvalue weighted by molar-refractivity contribution is -0.112. The predicted molar refractivity (Wildman–Crippen MR) is 90.4 cm³/mol. The van der Waals surface area contributed by atoms with Crippen molar-refractivity contribution in [2.75, 3.05) is 5.32 Å². The number of benzene rings is 2. The standard InChI is InChI=1S/C16H10BrClN2O2/c17-9-2-1-3-11(6-9)20-16(22)15(21)13-8-19-14-5-4-10(18)7-12(13)14/h1-8,19H,(H,20,22). The first-order chi connectivity index (χ1) is 10.5. The number of nitrogens with one attached hydrogen (secondary N) is 2. The van der Waals surface area contributed by atoms with Gasteiger partial charge in [-0.05, 0) is 36.4 Å². The number of Topliss-reactive ketones (excluding diaryl/α,β-unsaturated/α-hetero) is 1. The van der Waals surface area contributed by atoms with Crippen molar-refractivity contribution in [1.29, 1.82) is 0 Å². The van der Waals surface area contributed by atoms with Gasteiger partial charge in [0.05, 0.1) is 5.56 Å². The predicted octanol–water partition coefficient (Wildman–Crippen LogP) is 4.41. The van der Waals surface area contributed by atoms with Crippen LogP contribution < -0.4 is 5.32 Å². The third-order valence-corrected chi connectivity index (χ3v) is 3.91. The van der Waals surface area contributed by atoms with Gasteiger partial charge < -0.3 is 10.3 Å². The number of carbonyl (C=O) groups excluding carboxylic acids is 2. The third-order valence-electron chi connectivity index (χ3n) is 3.18. The zero-order valence-electron chi connectivity index (χ0n) is 11.2. The van der Waals surface area contributed by atoms with Gasteiger partial charge in [-0.2, -0.15) is 0 Å². The molecule has 0 aliphatic rings. The Hall–Kier alpha value is -2.11. The molecule has 110 valence electrons. The van der Waals surface area contributed by atoms with Crippen LogP contribution in [-0.2, 0) is 4.79 Å². The molecule has 0 radical (unpaired) electrons. The summed E-state index contributed by atoms with van der Waals surface area (Å²) < 4.78 is 0.816. The van der Waals surface area contributed by atoms with Crippen LogP contribution in [0.5, 0.6) is 0 Å². The summed E-state index contributed by atoms with van der Waals surface area (Å²) in [7, 11) is 0. The molecule has 3 aromatic rings. The molecule has 1 amide bonds. The van der Waals surface area contributed by atoms with E-state index in [2.05, 4.69) is 26.2 Å². The number of ketones is 1. The van der Waals surface area contributed by atoms with Gasteiger partial charge in [0.2, 0.25) is 0 Å². The molecule has 6 heteroatoms. The van der Waals surface area contributed by atoms with Gasteiger partial charge in [-0.25, -0.2) is 0 Å². The maximum Gasteiger partial charge on any atom is 0.296 e. The number of H-pyrrole nitrogens is 1. The largest absolute Gasteiger partial charge is 0.360 e. The fourth-order valence-corrected chi connectivity index (χ4v) is 2.73. The first-order valence-electron chi connectivity index (χ1n) is 6.42. The summed E-state index contributed by atoms with van der Waals surface area (Å²) in [5, 5.41) is 3.72. The molecule has 0 atom stereocenters. The van der Waals surface area contributed by atoms with E-state index in [1.165, 1.54) is 6.20 Å². The Morgan fingerprint density at radius 2 is 1.95 bits per heavy atom. The summed E-state index contributed by atoms with van der Waals surface area (Å²) in [6.45, 7) is 0. The van der Waals surface area contributed by atoms with Gasteiger partial charge in [0.25, 0.3) is 11.7 Å². The molecule has 0 fully saturated rings. The quantitative estimate of drug-likeness (QED) is 0.525. The van der Waals surface area contributed by atoms with Crippen molar-refractivity contribution in [3.8, 4) is 0 Å². The monoisotopic (exact) mass is 376 g/mol. The van der Waals surface area contributed by atoms with Crippen molar-refractivity contribution < 1.29 is 9.59 Å². The molecule has 22 heavy (non-hydrogen) atoms. The Morgan fingerprint density at radius 3 is 2.73 bits per heavy atom. The van der Waals surface area contributed by atoms with Crippen molar-refractivity contribution in [3.05, 3.63) is 63.7 Å². The second kappa shape index (κ2) is 5.94. The zero-order valence-corrected chi connectivity index (χ0v) is 13.5. The number of carbonyl (C=O) groups is 2. The van der Waals surface area contributed by atoms with E-state index in [1.807, 2.05) is 6.07 Å². The van der Waals surface area contributed by atoms with Gasteiger partial charge in [-0.3, -0.25) is 9.59 Å². The van der Waals surface area contributed by atoms with E-state index in [9.17, 15) is 9.59 Å². The van der Waals surface area contributed by atoms with Crippen molar-refractivity contribution in [3.63, 3.8) is 0 Å². The summed E-state index contributed by atoms with van der Waals surface area (Å²) in [5.74, 6) is -1.31. The number of rotatable bonds is 3. The molecule has 3 rings (SSSR count). The second-order valence-electron chi connectivity index (χ2n) is 4.69. The minimum Gasteiger partial charge on any atom is -0.360 e. The van der Waals surface area contributed by atoms with Crippen molar-refractivity contribution in [2.45, 2.75) is 0 Å². The summed E-state index contributed by atoms with van der Waals surface area (Å²) in [4.78, 5) is 27.4. The Bertz CT molecular complexity index is 889. The van der Waals surface area contributed by atoms with Crippen LogP contribution in [0.3, 0.4) is 0 Å². The van der Waals surface area contributed by atoms with Crippen LogP contribution in [0, 0.1) is 0 Å². The lowest BCUT2D eigenvalue weighted by Gasteiger charge is -2.04. The minimum atomic E-state index is -0.695. The number of amides is 1. The lowest BCUT2D eigenvalue weighted by atomic mass is 10.1. The molecule has 0 bridgehead atoms. The Morgan fingerprint density at radius 1 is 1.14 bits per heavy atom. The molecule has 0 saturated heterocycles. The van der Waals surface area contributed by atoms with Crippen molar-refractivity contribution in [2.24, 2.45) is 0 Å². The van der Waals surface area contributed by atoms with Crippen LogP contribution in [0.15, 0.2) is 53.1 Å².